The van der Waals surface area contributed by atoms with Gasteiger partial charge >= 0.3 is 0 Å². The summed E-state index contributed by atoms with van der Waals surface area (Å²) < 4.78 is 1.26. The Morgan fingerprint density at radius 1 is 0.515 bits per heavy atom. The van der Waals surface area contributed by atoms with E-state index in [9.17, 15) is 0 Å². The zero-order valence-corrected chi connectivity index (χ0v) is 18.6. The molecule has 0 unspecified atom stereocenters. The average Bonchev–Trinajstić information content (AvgIpc) is 3.28. The molecule has 0 spiro atoms. The smallest absolute Gasteiger partial charge is 0.0817 e. The zero-order valence-electron chi connectivity index (χ0n) is 17.8. The third-order valence-corrected chi connectivity index (χ3v) is 7.69. The Hall–Kier alpha value is -4.01. The zero-order chi connectivity index (χ0) is 21.8. The number of hydrogen-bond acceptors (Lipinski definition) is 2. The monoisotopic (exact) mass is 437 g/mol. The van der Waals surface area contributed by atoms with Gasteiger partial charge in [-0.1, -0.05) is 103 Å². The van der Waals surface area contributed by atoms with Crippen molar-refractivity contribution in [2.75, 3.05) is 0 Å². The second-order valence-corrected chi connectivity index (χ2v) is 9.44. The van der Waals surface area contributed by atoms with Gasteiger partial charge in [0.25, 0.3) is 0 Å². The number of nitrogens with zero attached hydrogens (tertiary/aromatic N) is 1. The molecule has 2 aliphatic rings. The molecule has 0 N–H and O–H groups in total. The highest BCUT2D eigenvalue weighted by atomic mass is 32.1. The van der Waals surface area contributed by atoms with E-state index in [0.29, 0.717) is 0 Å². The minimum absolute atomic E-state index is 1.06. The summed E-state index contributed by atoms with van der Waals surface area (Å²) in [6.07, 6.45) is 0. The maximum Gasteiger partial charge on any atom is 0.0817 e. The number of para-hydroxylation sites is 1. The van der Waals surface area contributed by atoms with Crippen LogP contribution in [0.25, 0.3) is 64.6 Å². The van der Waals surface area contributed by atoms with Gasteiger partial charge in [-0.05, 0) is 39.6 Å². The second-order valence-electron chi connectivity index (χ2n) is 8.38. The molecule has 0 saturated carbocycles. The molecule has 1 nitrogen and oxygen atoms in total. The Morgan fingerprint density at radius 2 is 1.18 bits per heavy atom. The van der Waals surface area contributed by atoms with Crippen LogP contribution < -0.4 is 0 Å². The van der Waals surface area contributed by atoms with E-state index < -0.39 is 0 Å². The number of aromatic nitrogens is 1. The Morgan fingerprint density at radius 3 is 2.06 bits per heavy atom. The highest BCUT2D eigenvalue weighted by Gasteiger charge is 2.21. The van der Waals surface area contributed by atoms with Gasteiger partial charge in [-0.2, -0.15) is 0 Å². The normalized spacial score (nSPS) is 11.6. The molecule has 0 saturated heterocycles. The number of hydrogen-bond donors (Lipinski definition) is 0. The van der Waals surface area contributed by atoms with Gasteiger partial charge in [0.1, 0.15) is 0 Å². The molecule has 33 heavy (non-hydrogen) atoms. The van der Waals surface area contributed by atoms with Crippen molar-refractivity contribution in [3.8, 4) is 32.8 Å². The van der Waals surface area contributed by atoms with Crippen LogP contribution in [0.5, 0.6) is 0 Å². The van der Waals surface area contributed by atoms with E-state index in [4.69, 9.17) is 4.98 Å². The molecule has 154 valence electrons. The fourth-order valence-electron chi connectivity index (χ4n) is 4.91. The van der Waals surface area contributed by atoms with Crippen LogP contribution in [0.15, 0.2) is 115 Å². The van der Waals surface area contributed by atoms with Crippen molar-refractivity contribution < 1.29 is 0 Å². The Bertz CT molecular complexity index is 1750. The van der Waals surface area contributed by atoms with E-state index in [-0.39, 0.29) is 0 Å². The van der Waals surface area contributed by atoms with Crippen LogP contribution >= 0.6 is 11.3 Å². The lowest BCUT2D eigenvalue weighted by atomic mass is 9.96. The van der Waals surface area contributed by atoms with Crippen LogP contribution in [-0.2, 0) is 0 Å². The van der Waals surface area contributed by atoms with Crippen molar-refractivity contribution in [1.29, 1.82) is 0 Å². The summed E-state index contributed by atoms with van der Waals surface area (Å²) in [5, 5.41) is 5.01. The van der Waals surface area contributed by atoms with E-state index in [1.165, 1.54) is 53.4 Å². The summed E-state index contributed by atoms with van der Waals surface area (Å²) in [7, 11) is 0. The summed E-state index contributed by atoms with van der Waals surface area (Å²) in [4.78, 5) is 6.31. The minimum Gasteiger partial charge on any atom is -0.247 e. The molecule has 0 fully saturated rings. The quantitative estimate of drug-likeness (QED) is 0.263. The lowest BCUT2D eigenvalue weighted by molar-refractivity contribution is 1.49. The lowest BCUT2D eigenvalue weighted by Crippen LogP contribution is -1.86. The van der Waals surface area contributed by atoms with Crippen molar-refractivity contribution in [3.63, 3.8) is 0 Å². The molecule has 2 aliphatic heterocycles. The maximum atomic E-state index is 5.04. The Kier molecular flexibility index (Phi) is 4.08. The van der Waals surface area contributed by atoms with Gasteiger partial charge in [-0.25, -0.2) is 4.98 Å². The lowest BCUT2D eigenvalue weighted by Gasteiger charge is -2.12. The number of benzene rings is 5. The molecular weight excluding hydrogens is 418 g/mol. The van der Waals surface area contributed by atoms with Crippen molar-refractivity contribution in [2.24, 2.45) is 0 Å². The first kappa shape index (κ1) is 18.6. The second kappa shape index (κ2) is 7.26. The van der Waals surface area contributed by atoms with Gasteiger partial charge in [0, 0.05) is 25.9 Å². The van der Waals surface area contributed by atoms with E-state index in [1.54, 1.807) is 0 Å². The molecule has 0 aliphatic carbocycles. The summed E-state index contributed by atoms with van der Waals surface area (Å²) in [5.41, 5.74) is 7.16. The summed E-state index contributed by atoms with van der Waals surface area (Å²) >= 11 is 1.85. The van der Waals surface area contributed by atoms with Crippen LogP contribution in [-0.4, -0.2) is 4.98 Å². The molecule has 2 heterocycles. The molecule has 2 heteroatoms. The van der Waals surface area contributed by atoms with Gasteiger partial charge in [0.15, 0.2) is 0 Å². The molecule has 0 amide bonds. The molecule has 5 aromatic rings. The first-order valence-corrected chi connectivity index (χ1v) is 12.0. The third kappa shape index (κ3) is 2.88. The van der Waals surface area contributed by atoms with Crippen LogP contribution in [0, 0.1) is 0 Å². The van der Waals surface area contributed by atoms with Crippen LogP contribution in [0.1, 0.15) is 0 Å². The molecule has 7 rings (SSSR count). The van der Waals surface area contributed by atoms with E-state index >= 15 is 0 Å². The topological polar surface area (TPSA) is 12.9 Å². The highest BCUT2D eigenvalue weighted by Crippen LogP contribution is 2.47. The summed E-state index contributed by atoms with van der Waals surface area (Å²) in [6.45, 7) is 0. The van der Waals surface area contributed by atoms with Crippen molar-refractivity contribution in [3.05, 3.63) is 115 Å². The first-order chi connectivity index (χ1) is 16.4. The number of fused-ring (bicyclic) bond motifs is 6. The summed E-state index contributed by atoms with van der Waals surface area (Å²) in [5.74, 6) is 0. The van der Waals surface area contributed by atoms with E-state index in [0.717, 1.165) is 11.2 Å². The van der Waals surface area contributed by atoms with Crippen LogP contribution in [0.3, 0.4) is 0 Å². The predicted octanol–water partition coefficient (Wildman–Crippen LogP) is 9.04. The van der Waals surface area contributed by atoms with Gasteiger partial charge in [0.2, 0.25) is 0 Å². The molecule has 0 atom stereocenters. The van der Waals surface area contributed by atoms with Crippen molar-refractivity contribution in [2.45, 2.75) is 0 Å². The fraction of sp³-hybridized carbons (Fsp3) is 0. The molecule has 0 radical (unpaired) electrons. The fourth-order valence-corrected chi connectivity index (χ4v) is 6.11. The molecule has 0 aromatic heterocycles. The Labute approximate surface area is 195 Å². The van der Waals surface area contributed by atoms with Gasteiger partial charge in [0.05, 0.1) is 11.2 Å². The predicted molar refractivity (Wildman–Crippen MR) is 142 cm³/mol. The number of rotatable bonds is 2. The Balaban J connectivity index is 1.45. The van der Waals surface area contributed by atoms with Crippen molar-refractivity contribution >= 4 is 43.1 Å². The SMILES string of the molecule is c1ccc2c(-c3ccc(-c4sc5ccccc5c5nc6ccccc6c4-5)cc3)cccc2c1. The van der Waals surface area contributed by atoms with Gasteiger partial charge in [-0.15, -0.1) is 11.3 Å². The maximum absolute atomic E-state index is 5.04. The first-order valence-electron chi connectivity index (χ1n) is 11.2. The molecule has 5 aromatic carbocycles. The van der Waals surface area contributed by atoms with Crippen molar-refractivity contribution in [1.82, 2.24) is 4.98 Å². The van der Waals surface area contributed by atoms with Gasteiger partial charge in [-0.3, -0.25) is 0 Å². The standard InChI is InChI=1S/C31H19NS/c1-2-10-23-20(8-1)9-7-13-24(23)21-16-18-22(19-17-21)31-29-25-11-3-5-14-27(25)32-30(29)26-12-4-6-15-28(26)33-31/h1-19H. The van der Waals surface area contributed by atoms with E-state index in [2.05, 4.69) is 115 Å². The largest absolute Gasteiger partial charge is 0.247 e. The highest BCUT2D eigenvalue weighted by molar-refractivity contribution is 7.22. The third-order valence-electron chi connectivity index (χ3n) is 6.47. The van der Waals surface area contributed by atoms with Gasteiger partial charge < -0.3 is 0 Å². The molecular formula is C31H19NS. The molecule has 0 bridgehead atoms. The minimum atomic E-state index is 1.06. The van der Waals surface area contributed by atoms with Crippen LogP contribution in [0.4, 0.5) is 0 Å². The van der Waals surface area contributed by atoms with E-state index in [1.807, 2.05) is 11.3 Å². The van der Waals surface area contributed by atoms with Crippen LogP contribution in [0.2, 0.25) is 0 Å². The summed E-state index contributed by atoms with van der Waals surface area (Å²) in [6, 6.07) is 41.2. The average molecular weight is 438 g/mol.